The molecule has 0 aliphatic heterocycles. The number of thioether (sulfide) groups is 1. The molecule has 0 N–H and O–H groups in total. The number of carbonyl (C=O) groups is 2. The molecule has 0 fully saturated rings. The Labute approximate surface area is 306 Å². The van der Waals surface area contributed by atoms with Crippen LogP contribution >= 0.6 is 63.5 Å². The van der Waals surface area contributed by atoms with Crippen molar-refractivity contribution in [2.45, 2.75) is 44.4 Å². The predicted octanol–water partition coefficient (Wildman–Crippen LogP) is 11.9. The molecular formula is C39H37BrCl2O3S2. The minimum Gasteiger partial charge on any atom is -0.466 e. The minimum absolute atomic E-state index is 0.164. The highest BCUT2D eigenvalue weighted by Crippen LogP contribution is 2.39. The Bertz CT molecular complexity index is 1780. The maximum atomic E-state index is 11.1. The first-order valence-electron chi connectivity index (χ1n) is 15.4. The molecule has 0 saturated carbocycles. The lowest BCUT2D eigenvalue weighted by Gasteiger charge is -2.12. The summed E-state index contributed by atoms with van der Waals surface area (Å²) in [6.07, 6.45) is 11.6. The molecule has 47 heavy (non-hydrogen) atoms. The zero-order chi connectivity index (χ0) is 33.8. The molecule has 8 heteroatoms. The van der Waals surface area contributed by atoms with Crippen LogP contribution in [-0.4, -0.2) is 29.9 Å². The van der Waals surface area contributed by atoms with Crippen molar-refractivity contribution in [1.82, 2.24) is 0 Å². The largest absolute Gasteiger partial charge is 0.466 e. The smallest absolute Gasteiger partial charge is 0.306 e. The zero-order valence-electron chi connectivity index (χ0n) is 26.4. The number of ketones is 1. The molecule has 3 nitrogen and oxygen atoms in total. The summed E-state index contributed by atoms with van der Waals surface area (Å²) >= 11 is 22.0. The number of allylic oxidation sites excluding steroid dienone is 2. The van der Waals surface area contributed by atoms with Gasteiger partial charge in [0, 0.05) is 48.5 Å². The molecule has 6 rings (SSSR count). The molecule has 0 bridgehead atoms. The fourth-order valence-corrected chi connectivity index (χ4v) is 7.44. The number of halogens is 3. The van der Waals surface area contributed by atoms with Crippen molar-refractivity contribution in [2.24, 2.45) is 0 Å². The van der Waals surface area contributed by atoms with E-state index in [0.29, 0.717) is 25.2 Å². The predicted molar refractivity (Wildman–Crippen MR) is 208 cm³/mol. The third-order valence-electron chi connectivity index (χ3n) is 7.40. The molecule has 4 aromatic rings. The SMILES string of the molecule is CC(=O)CCSc1ccccc1-c1cc2c(cc1Cl)C=CC2.CCOC(=O)CCS.Clc1cc2c(cc1-c1ccccc1Br)CC=C2. The number of fused-ring (bicyclic) bond motifs is 2. The van der Waals surface area contributed by atoms with Gasteiger partial charge in [0.2, 0.25) is 0 Å². The van der Waals surface area contributed by atoms with Crippen LogP contribution in [0.5, 0.6) is 0 Å². The first-order chi connectivity index (χ1) is 22.7. The molecular weight excluding hydrogens is 731 g/mol. The number of Topliss-reactive ketones (excluding diaryl/α,β-unsaturated/α-hetero) is 1. The second-order valence-electron chi connectivity index (χ2n) is 10.8. The summed E-state index contributed by atoms with van der Waals surface area (Å²) in [5.41, 5.74) is 9.60. The zero-order valence-corrected chi connectivity index (χ0v) is 31.2. The van der Waals surface area contributed by atoms with Crippen molar-refractivity contribution in [2.75, 3.05) is 18.1 Å². The molecule has 0 atom stereocenters. The van der Waals surface area contributed by atoms with E-state index in [4.69, 9.17) is 23.2 Å². The third-order valence-corrected chi connectivity index (χ3v) is 10.0. The monoisotopic (exact) mass is 766 g/mol. The lowest BCUT2D eigenvalue weighted by atomic mass is 10.00. The lowest BCUT2D eigenvalue weighted by Crippen LogP contribution is -2.03. The second-order valence-corrected chi connectivity index (χ2v) is 14.1. The van der Waals surface area contributed by atoms with Crippen molar-refractivity contribution < 1.29 is 14.3 Å². The first kappa shape index (κ1) is 37.1. The summed E-state index contributed by atoms with van der Waals surface area (Å²) < 4.78 is 5.67. The van der Waals surface area contributed by atoms with Crippen molar-refractivity contribution in [1.29, 1.82) is 0 Å². The lowest BCUT2D eigenvalue weighted by molar-refractivity contribution is -0.142. The van der Waals surface area contributed by atoms with Gasteiger partial charge in [0.25, 0.3) is 0 Å². The first-order valence-corrected chi connectivity index (χ1v) is 18.6. The number of ether oxygens (including phenoxy) is 1. The van der Waals surface area contributed by atoms with Gasteiger partial charge in [0.1, 0.15) is 5.78 Å². The number of thiol groups is 1. The van der Waals surface area contributed by atoms with Gasteiger partial charge in [-0.15, -0.1) is 11.8 Å². The van der Waals surface area contributed by atoms with Crippen LogP contribution in [-0.2, 0) is 27.2 Å². The molecule has 0 saturated heterocycles. The molecule has 0 radical (unpaired) electrons. The van der Waals surface area contributed by atoms with Gasteiger partial charge in [-0.3, -0.25) is 9.59 Å². The highest BCUT2D eigenvalue weighted by molar-refractivity contribution is 9.10. The topological polar surface area (TPSA) is 43.4 Å². The Morgan fingerprint density at radius 3 is 1.91 bits per heavy atom. The summed E-state index contributed by atoms with van der Waals surface area (Å²) in [7, 11) is 0. The Balaban J connectivity index is 0.000000177. The molecule has 0 aromatic heterocycles. The Hall–Kier alpha value is -2.74. The van der Waals surface area contributed by atoms with Crippen LogP contribution in [0, 0.1) is 0 Å². The third kappa shape index (κ3) is 10.6. The fourth-order valence-electron chi connectivity index (χ4n) is 5.09. The van der Waals surface area contributed by atoms with Gasteiger partial charge in [-0.2, -0.15) is 12.6 Å². The number of benzene rings is 4. The Morgan fingerprint density at radius 1 is 0.809 bits per heavy atom. The highest BCUT2D eigenvalue weighted by Gasteiger charge is 2.15. The van der Waals surface area contributed by atoms with Gasteiger partial charge in [-0.1, -0.05) is 99.8 Å². The molecule has 0 amide bonds. The Morgan fingerprint density at radius 2 is 1.36 bits per heavy atom. The maximum absolute atomic E-state index is 11.1. The van der Waals surface area contributed by atoms with Gasteiger partial charge < -0.3 is 4.74 Å². The quantitative estimate of drug-likeness (QED) is 0.105. The average molecular weight is 769 g/mol. The summed E-state index contributed by atoms with van der Waals surface area (Å²) in [5.74, 6) is 1.43. The van der Waals surface area contributed by atoms with Crippen LogP contribution in [0.15, 0.2) is 94.3 Å². The summed E-state index contributed by atoms with van der Waals surface area (Å²) in [6, 6.07) is 24.9. The molecule has 0 spiro atoms. The van der Waals surface area contributed by atoms with Crippen LogP contribution in [0.2, 0.25) is 10.0 Å². The average Bonchev–Trinajstić information content (AvgIpc) is 3.70. The van der Waals surface area contributed by atoms with Crippen LogP contribution in [0.3, 0.4) is 0 Å². The number of rotatable bonds is 9. The fraction of sp³-hybridized carbons (Fsp3) is 0.231. The maximum Gasteiger partial charge on any atom is 0.306 e. The van der Waals surface area contributed by atoms with Crippen LogP contribution in [0.4, 0.5) is 0 Å². The van der Waals surface area contributed by atoms with Crippen LogP contribution in [0.25, 0.3) is 34.4 Å². The van der Waals surface area contributed by atoms with Crippen molar-refractivity contribution in [3.63, 3.8) is 0 Å². The Kier molecular flexibility index (Phi) is 14.8. The van der Waals surface area contributed by atoms with E-state index in [2.05, 4.69) is 94.0 Å². The van der Waals surface area contributed by atoms with E-state index in [1.807, 2.05) is 36.4 Å². The van der Waals surface area contributed by atoms with E-state index in [1.54, 1.807) is 25.6 Å². The molecule has 0 unspecified atom stereocenters. The summed E-state index contributed by atoms with van der Waals surface area (Å²) in [5, 5.41) is 1.59. The molecule has 244 valence electrons. The van der Waals surface area contributed by atoms with Crippen molar-refractivity contribution in [3.05, 3.63) is 122 Å². The summed E-state index contributed by atoms with van der Waals surface area (Å²) in [6.45, 7) is 3.89. The standard InChI is InChI=1S/C19H17ClOS.C15H10BrCl.C5H10O2S/c1-13(21)9-10-22-19-8-3-2-7-16(19)17-11-14-5-4-6-15(14)12-18(17)20;16-14-7-2-1-6-12(14)13-8-10-4-3-5-11(10)9-15(13)17;1-2-7-5(6)3-4-8/h2-4,6-8,11-12H,5,9-10H2,1H3;1-3,5-9H,4H2;8H,2-4H2,1H3. The minimum atomic E-state index is -0.164. The van der Waals surface area contributed by atoms with Gasteiger partial charge >= 0.3 is 5.97 Å². The van der Waals surface area contributed by atoms with Gasteiger partial charge in [0.05, 0.1) is 13.0 Å². The molecule has 4 aromatic carbocycles. The van der Waals surface area contributed by atoms with E-state index in [0.717, 1.165) is 55.4 Å². The van der Waals surface area contributed by atoms with Crippen LogP contribution in [0.1, 0.15) is 48.9 Å². The molecule has 0 heterocycles. The molecule has 2 aliphatic carbocycles. The number of hydrogen-bond donors (Lipinski definition) is 1. The van der Waals surface area contributed by atoms with Gasteiger partial charge in [0.15, 0.2) is 0 Å². The number of hydrogen-bond acceptors (Lipinski definition) is 5. The van der Waals surface area contributed by atoms with E-state index in [1.165, 1.54) is 27.1 Å². The van der Waals surface area contributed by atoms with Gasteiger partial charge in [-0.25, -0.2) is 0 Å². The highest BCUT2D eigenvalue weighted by atomic mass is 79.9. The van der Waals surface area contributed by atoms with Crippen LogP contribution < -0.4 is 0 Å². The van der Waals surface area contributed by atoms with E-state index in [9.17, 15) is 9.59 Å². The van der Waals surface area contributed by atoms with Crippen molar-refractivity contribution in [3.8, 4) is 22.3 Å². The molecule has 2 aliphatic rings. The normalized spacial score (nSPS) is 12.0. The van der Waals surface area contributed by atoms with Crippen molar-refractivity contribution >= 4 is 87.4 Å². The van der Waals surface area contributed by atoms with E-state index in [-0.39, 0.29) is 11.8 Å². The van der Waals surface area contributed by atoms with E-state index < -0.39 is 0 Å². The second kappa shape index (κ2) is 18.7. The number of esters is 1. The van der Waals surface area contributed by atoms with E-state index >= 15 is 0 Å². The summed E-state index contributed by atoms with van der Waals surface area (Å²) in [4.78, 5) is 22.7. The van der Waals surface area contributed by atoms with Gasteiger partial charge in [-0.05, 0) is 96.5 Å². The number of carbonyl (C=O) groups excluding carboxylic acids is 2.